The maximum atomic E-state index is 11.1. The van der Waals surface area contributed by atoms with E-state index in [4.69, 9.17) is 14.2 Å². The average Bonchev–Trinajstić information content (AvgIpc) is 2.22. The maximum absolute atomic E-state index is 11.1. The molecule has 0 fully saturated rings. The molecule has 0 saturated carbocycles. The summed E-state index contributed by atoms with van der Waals surface area (Å²) >= 11 is 0. The van der Waals surface area contributed by atoms with Gasteiger partial charge in [-0.25, -0.2) is 4.79 Å². The Balaban J connectivity index is 3.90. The summed E-state index contributed by atoms with van der Waals surface area (Å²) in [7, 11) is 0. The lowest BCUT2D eigenvalue weighted by atomic mass is 10.3. The molecular formula is C12H18O4. The van der Waals surface area contributed by atoms with Crippen LogP contribution >= 0.6 is 0 Å². The summed E-state index contributed by atoms with van der Waals surface area (Å²) in [4.78, 5) is 11.1. The smallest absolute Gasteiger partial charge is 0.333 e. The zero-order valence-electron chi connectivity index (χ0n) is 9.99. The molecule has 4 heteroatoms. The van der Waals surface area contributed by atoms with Crippen LogP contribution in [-0.2, 0) is 19.0 Å². The van der Waals surface area contributed by atoms with Gasteiger partial charge in [0.05, 0.1) is 6.26 Å². The molecule has 90 valence electrons. The maximum Gasteiger partial charge on any atom is 0.333 e. The van der Waals surface area contributed by atoms with Crippen molar-refractivity contribution in [1.29, 1.82) is 0 Å². The Morgan fingerprint density at radius 2 is 2.06 bits per heavy atom. The van der Waals surface area contributed by atoms with Crippen LogP contribution in [0.2, 0.25) is 0 Å². The van der Waals surface area contributed by atoms with Crippen LogP contribution in [0.1, 0.15) is 20.8 Å². The molecule has 0 aromatic heterocycles. The molecular weight excluding hydrogens is 208 g/mol. The molecule has 0 N–H and O–H groups in total. The summed E-state index contributed by atoms with van der Waals surface area (Å²) in [6.45, 7) is 12.2. The van der Waals surface area contributed by atoms with Crippen molar-refractivity contribution in [2.75, 3.05) is 6.61 Å². The summed E-state index contributed by atoms with van der Waals surface area (Å²) in [6, 6.07) is 0. The minimum atomic E-state index is -0.417. The molecule has 1 unspecified atom stereocenters. The second-order valence-corrected chi connectivity index (χ2v) is 3.34. The highest BCUT2D eigenvalue weighted by atomic mass is 16.6. The summed E-state index contributed by atoms with van der Waals surface area (Å²) in [6.07, 6.45) is 2.47. The number of rotatable bonds is 7. The molecule has 0 aliphatic rings. The minimum absolute atomic E-state index is 0.172. The molecule has 0 aromatic rings. The van der Waals surface area contributed by atoms with E-state index in [2.05, 4.69) is 13.2 Å². The summed E-state index contributed by atoms with van der Waals surface area (Å²) < 4.78 is 15.1. The Labute approximate surface area is 96.2 Å². The predicted octanol–water partition coefficient (Wildman–Crippen LogP) is 2.53. The number of carbonyl (C=O) groups excluding carboxylic acids is 1. The lowest BCUT2D eigenvalue weighted by Crippen LogP contribution is -2.18. The van der Waals surface area contributed by atoms with E-state index in [-0.39, 0.29) is 12.7 Å². The van der Waals surface area contributed by atoms with E-state index < -0.39 is 5.97 Å². The Bertz CT molecular complexity index is 291. The number of allylic oxidation sites excluding steroid dienone is 1. The summed E-state index contributed by atoms with van der Waals surface area (Å²) in [5, 5.41) is 0. The molecule has 4 nitrogen and oxygen atoms in total. The van der Waals surface area contributed by atoms with Gasteiger partial charge in [0.25, 0.3) is 0 Å². The van der Waals surface area contributed by atoms with Gasteiger partial charge in [0.1, 0.15) is 24.7 Å². The van der Waals surface area contributed by atoms with E-state index in [0.29, 0.717) is 11.3 Å². The zero-order valence-corrected chi connectivity index (χ0v) is 9.99. The molecule has 0 aliphatic carbocycles. The van der Waals surface area contributed by atoms with Gasteiger partial charge in [-0.2, -0.15) is 0 Å². The molecule has 0 rings (SSSR count). The first-order chi connectivity index (χ1) is 7.47. The predicted molar refractivity (Wildman–Crippen MR) is 61.4 cm³/mol. The van der Waals surface area contributed by atoms with Crippen LogP contribution < -0.4 is 0 Å². The van der Waals surface area contributed by atoms with E-state index >= 15 is 0 Å². The summed E-state index contributed by atoms with van der Waals surface area (Å²) in [5.41, 5.74) is 0.370. The van der Waals surface area contributed by atoms with Gasteiger partial charge < -0.3 is 14.2 Å². The second kappa shape index (κ2) is 7.56. The van der Waals surface area contributed by atoms with Gasteiger partial charge in [-0.3, -0.25) is 0 Å². The Hall–Kier alpha value is -1.71. The van der Waals surface area contributed by atoms with E-state index in [1.807, 2.05) is 0 Å². The van der Waals surface area contributed by atoms with Gasteiger partial charge in [-0.15, -0.1) is 0 Å². The van der Waals surface area contributed by atoms with Crippen LogP contribution in [0.3, 0.4) is 0 Å². The van der Waals surface area contributed by atoms with Crippen LogP contribution in [-0.4, -0.2) is 18.7 Å². The number of esters is 1. The van der Waals surface area contributed by atoms with Crippen LogP contribution in [0.25, 0.3) is 0 Å². The van der Waals surface area contributed by atoms with Gasteiger partial charge >= 0.3 is 5.97 Å². The largest absolute Gasteiger partial charge is 0.489 e. The first-order valence-electron chi connectivity index (χ1n) is 4.89. The van der Waals surface area contributed by atoms with Crippen molar-refractivity contribution in [2.45, 2.75) is 26.9 Å². The molecule has 0 heterocycles. The van der Waals surface area contributed by atoms with Crippen LogP contribution in [0.15, 0.2) is 37.0 Å². The number of ether oxygens (including phenoxy) is 3. The lowest BCUT2D eigenvalue weighted by molar-refractivity contribution is -0.141. The SMILES string of the molecule is C=COC=C(C)OC(C)COC(=O)C(=C)C. The number of hydrogen-bond acceptors (Lipinski definition) is 4. The van der Waals surface area contributed by atoms with Gasteiger partial charge in [-0.05, 0) is 20.8 Å². The van der Waals surface area contributed by atoms with Crippen LogP contribution in [0, 0.1) is 0 Å². The molecule has 16 heavy (non-hydrogen) atoms. The Morgan fingerprint density at radius 3 is 2.56 bits per heavy atom. The van der Waals surface area contributed by atoms with Crippen molar-refractivity contribution in [3.05, 3.63) is 37.0 Å². The van der Waals surface area contributed by atoms with Crippen molar-refractivity contribution < 1.29 is 19.0 Å². The molecule has 0 spiro atoms. The average molecular weight is 226 g/mol. The normalized spacial score (nSPS) is 12.6. The highest BCUT2D eigenvalue weighted by Crippen LogP contribution is 2.04. The van der Waals surface area contributed by atoms with Crippen molar-refractivity contribution in [3.8, 4) is 0 Å². The molecule has 1 atom stereocenters. The summed E-state index contributed by atoms with van der Waals surface area (Å²) in [5.74, 6) is 0.165. The van der Waals surface area contributed by atoms with E-state index in [0.717, 1.165) is 0 Å². The fraction of sp³-hybridized carbons (Fsp3) is 0.417. The third-order valence-corrected chi connectivity index (χ3v) is 1.51. The number of hydrogen-bond donors (Lipinski definition) is 0. The third kappa shape index (κ3) is 6.70. The van der Waals surface area contributed by atoms with Gasteiger partial charge in [0.15, 0.2) is 0 Å². The highest BCUT2D eigenvalue weighted by molar-refractivity contribution is 5.86. The monoisotopic (exact) mass is 226 g/mol. The van der Waals surface area contributed by atoms with E-state index in [9.17, 15) is 4.79 Å². The molecule has 0 radical (unpaired) electrons. The molecule has 0 aromatic carbocycles. The van der Waals surface area contributed by atoms with Crippen LogP contribution in [0.4, 0.5) is 0 Å². The second-order valence-electron chi connectivity index (χ2n) is 3.34. The van der Waals surface area contributed by atoms with Crippen molar-refractivity contribution in [1.82, 2.24) is 0 Å². The molecule has 0 amide bonds. The Kier molecular flexibility index (Phi) is 6.76. The first kappa shape index (κ1) is 14.3. The molecule has 0 aliphatic heterocycles. The Morgan fingerprint density at radius 1 is 1.44 bits per heavy atom. The van der Waals surface area contributed by atoms with E-state index in [1.54, 1.807) is 20.8 Å². The van der Waals surface area contributed by atoms with Crippen molar-refractivity contribution in [2.24, 2.45) is 0 Å². The van der Waals surface area contributed by atoms with Crippen LogP contribution in [0.5, 0.6) is 0 Å². The quantitative estimate of drug-likeness (QED) is 0.380. The van der Waals surface area contributed by atoms with Gasteiger partial charge in [-0.1, -0.05) is 13.2 Å². The van der Waals surface area contributed by atoms with Crippen molar-refractivity contribution in [3.63, 3.8) is 0 Å². The zero-order chi connectivity index (χ0) is 12.6. The van der Waals surface area contributed by atoms with Gasteiger partial charge in [0, 0.05) is 5.57 Å². The topological polar surface area (TPSA) is 44.8 Å². The standard InChI is InChI=1S/C12H18O4/c1-6-14-7-10(4)16-11(5)8-15-12(13)9(2)3/h6-7,11H,1-2,8H2,3-5H3. The first-order valence-corrected chi connectivity index (χ1v) is 4.89. The fourth-order valence-corrected chi connectivity index (χ4v) is 0.839. The highest BCUT2D eigenvalue weighted by Gasteiger charge is 2.08. The number of carbonyl (C=O) groups is 1. The van der Waals surface area contributed by atoms with Crippen molar-refractivity contribution >= 4 is 5.97 Å². The minimum Gasteiger partial charge on any atom is -0.489 e. The molecule has 0 bridgehead atoms. The third-order valence-electron chi connectivity index (χ3n) is 1.51. The fourth-order valence-electron chi connectivity index (χ4n) is 0.839. The van der Waals surface area contributed by atoms with E-state index in [1.165, 1.54) is 12.5 Å². The lowest BCUT2D eigenvalue weighted by Gasteiger charge is -2.14. The molecule has 0 saturated heterocycles. The van der Waals surface area contributed by atoms with Gasteiger partial charge in [0.2, 0.25) is 0 Å².